The van der Waals surface area contributed by atoms with E-state index in [0.29, 0.717) is 0 Å². The molecule has 0 aliphatic rings. The average Bonchev–Trinajstić information content (AvgIpc) is 2.30. The second kappa shape index (κ2) is 6.71. The highest BCUT2D eigenvalue weighted by Gasteiger charge is 2.04. The van der Waals surface area contributed by atoms with E-state index in [1.807, 2.05) is 31.3 Å². The zero-order chi connectivity index (χ0) is 11.8. The molecular formula is C11H15N3O2. The van der Waals surface area contributed by atoms with Gasteiger partial charge in [-0.15, -0.1) is 5.10 Å². The average molecular weight is 221 g/mol. The summed E-state index contributed by atoms with van der Waals surface area (Å²) < 4.78 is 4.92. The van der Waals surface area contributed by atoms with Crippen molar-refractivity contribution in [1.82, 2.24) is 5.32 Å². The summed E-state index contributed by atoms with van der Waals surface area (Å²) in [7, 11) is 1.89. The van der Waals surface area contributed by atoms with E-state index in [2.05, 4.69) is 22.2 Å². The number of benzene rings is 1. The van der Waals surface area contributed by atoms with Crippen LogP contribution in [0.1, 0.15) is 11.1 Å². The van der Waals surface area contributed by atoms with Gasteiger partial charge in [-0.3, -0.25) is 0 Å². The minimum atomic E-state index is -0.438. The first-order valence-corrected chi connectivity index (χ1v) is 4.83. The summed E-state index contributed by atoms with van der Waals surface area (Å²) in [5.74, 6) is 0.258. The van der Waals surface area contributed by atoms with Crippen molar-refractivity contribution < 1.29 is 9.84 Å². The molecule has 1 rings (SSSR count). The molecule has 1 aromatic rings. The van der Waals surface area contributed by atoms with E-state index in [9.17, 15) is 0 Å². The number of rotatable bonds is 5. The van der Waals surface area contributed by atoms with Gasteiger partial charge in [0.1, 0.15) is 0 Å². The van der Waals surface area contributed by atoms with Crippen molar-refractivity contribution in [2.75, 3.05) is 13.8 Å². The van der Waals surface area contributed by atoms with Crippen LogP contribution in [0.15, 0.2) is 34.5 Å². The lowest BCUT2D eigenvalue weighted by atomic mass is 10.1. The maximum Gasteiger partial charge on any atom is 0.242 e. The highest BCUT2D eigenvalue weighted by Crippen LogP contribution is 2.07. The van der Waals surface area contributed by atoms with Crippen molar-refractivity contribution in [3.63, 3.8) is 0 Å². The van der Waals surface area contributed by atoms with Gasteiger partial charge in [0.2, 0.25) is 5.90 Å². The Balaban J connectivity index is 2.85. The molecule has 0 heterocycles. The van der Waals surface area contributed by atoms with Gasteiger partial charge in [-0.05, 0) is 24.7 Å². The first kappa shape index (κ1) is 12.4. The molecule has 0 spiro atoms. The predicted octanol–water partition coefficient (Wildman–Crippen LogP) is 0.735. The summed E-state index contributed by atoms with van der Waals surface area (Å²) in [6.45, 7) is 3.61. The monoisotopic (exact) mass is 221 g/mol. The molecule has 5 nitrogen and oxygen atoms in total. The third kappa shape index (κ3) is 3.45. The first-order valence-electron chi connectivity index (χ1n) is 4.83. The maximum absolute atomic E-state index is 8.69. The quantitative estimate of drug-likeness (QED) is 0.333. The van der Waals surface area contributed by atoms with E-state index in [1.54, 1.807) is 0 Å². The zero-order valence-corrected chi connectivity index (χ0v) is 9.18. The van der Waals surface area contributed by atoms with Gasteiger partial charge in [-0.1, -0.05) is 12.1 Å². The third-order valence-corrected chi connectivity index (χ3v) is 1.94. The molecule has 0 amide bonds. The molecule has 0 aromatic heterocycles. The Labute approximate surface area is 94.5 Å². The van der Waals surface area contributed by atoms with Gasteiger partial charge in [0, 0.05) is 18.8 Å². The summed E-state index contributed by atoms with van der Waals surface area (Å²) in [6.07, 6.45) is 0. The van der Waals surface area contributed by atoms with Crippen LogP contribution >= 0.6 is 0 Å². The van der Waals surface area contributed by atoms with E-state index in [1.165, 1.54) is 0 Å². The second-order valence-corrected chi connectivity index (χ2v) is 3.05. The van der Waals surface area contributed by atoms with Crippen LogP contribution in [0.3, 0.4) is 0 Å². The molecule has 0 aliphatic heterocycles. The number of hydrogen-bond donors (Lipinski definition) is 2. The topological polar surface area (TPSA) is 66.2 Å². The fourth-order valence-corrected chi connectivity index (χ4v) is 1.26. The van der Waals surface area contributed by atoms with Gasteiger partial charge in [-0.2, -0.15) is 5.10 Å². The van der Waals surface area contributed by atoms with Crippen LogP contribution in [-0.4, -0.2) is 31.6 Å². The van der Waals surface area contributed by atoms with E-state index >= 15 is 0 Å². The van der Waals surface area contributed by atoms with Crippen molar-refractivity contribution >= 4 is 12.6 Å². The molecule has 0 aliphatic carbocycles. The molecule has 0 fully saturated rings. The Morgan fingerprint density at radius 3 is 2.62 bits per heavy atom. The minimum absolute atomic E-state index is 0.258. The minimum Gasteiger partial charge on any atom is -0.449 e. The largest absolute Gasteiger partial charge is 0.449 e. The van der Waals surface area contributed by atoms with Crippen molar-refractivity contribution in [2.24, 2.45) is 10.2 Å². The van der Waals surface area contributed by atoms with Crippen LogP contribution in [0.4, 0.5) is 0 Å². The molecule has 0 radical (unpaired) electrons. The number of aliphatic hydroxyl groups excluding tert-OH is 1. The van der Waals surface area contributed by atoms with E-state index in [0.717, 1.165) is 17.7 Å². The van der Waals surface area contributed by atoms with Crippen molar-refractivity contribution in [1.29, 1.82) is 0 Å². The number of nitrogens with one attached hydrogen (secondary N) is 1. The lowest BCUT2D eigenvalue weighted by Gasteiger charge is -2.06. The van der Waals surface area contributed by atoms with Crippen LogP contribution in [-0.2, 0) is 11.3 Å². The summed E-state index contributed by atoms with van der Waals surface area (Å²) in [6, 6.07) is 7.61. The van der Waals surface area contributed by atoms with Gasteiger partial charge >= 0.3 is 0 Å². The smallest absolute Gasteiger partial charge is 0.242 e. The maximum atomic E-state index is 8.69. The highest BCUT2D eigenvalue weighted by molar-refractivity contribution is 5.94. The van der Waals surface area contributed by atoms with E-state index < -0.39 is 6.79 Å². The van der Waals surface area contributed by atoms with Gasteiger partial charge in [0.25, 0.3) is 0 Å². The fourth-order valence-electron chi connectivity index (χ4n) is 1.26. The molecule has 0 saturated carbocycles. The SMILES string of the molecule is C=N/N=C(\OCO)c1ccc(CNC)cc1. The number of aliphatic hydroxyl groups is 1. The summed E-state index contributed by atoms with van der Waals surface area (Å²) in [5, 5.41) is 18.8. The third-order valence-electron chi connectivity index (χ3n) is 1.94. The molecule has 0 unspecified atom stereocenters. The first-order chi connectivity index (χ1) is 7.81. The standard InChI is InChI=1S/C11H15N3O2/c1-12-7-9-3-5-10(6-4-9)11(14-13-2)16-8-15/h3-6,12,15H,2,7-8H2,1H3/b14-11-. The van der Waals surface area contributed by atoms with Crippen molar-refractivity contribution in [3.8, 4) is 0 Å². The predicted molar refractivity (Wildman–Crippen MR) is 63.5 cm³/mol. The molecule has 0 saturated heterocycles. The Morgan fingerprint density at radius 1 is 1.44 bits per heavy atom. The molecular weight excluding hydrogens is 206 g/mol. The Morgan fingerprint density at radius 2 is 2.12 bits per heavy atom. The molecule has 2 N–H and O–H groups in total. The summed E-state index contributed by atoms with van der Waals surface area (Å²) in [4.78, 5) is 0. The highest BCUT2D eigenvalue weighted by atomic mass is 16.6. The normalized spacial score (nSPS) is 11.2. The summed E-state index contributed by atoms with van der Waals surface area (Å²) in [5.41, 5.74) is 1.91. The van der Waals surface area contributed by atoms with Crippen LogP contribution in [0.5, 0.6) is 0 Å². The van der Waals surface area contributed by atoms with Gasteiger partial charge in [0.05, 0.1) is 0 Å². The fraction of sp³-hybridized carbons (Fsp3) is 0.273. The zero-order valence-electron chi connectivity index (χ0n) is 9.18. The van der Waals surface area contributed by atoms with Crippen LogP contribution < -0.4 is 5.32 Å². The molecule has 16 heavy (non-hydrogen) atoms. The molecule has 86 valence electrons. The Kier molecular flexibility index (Phi) is 5.18. The van der Waals surface area contributed by atoms with Gasteiger partial charge < -0.3 is 15.2 Å². The van der Waals surface area contributed by atoms with Gasteiger partial charge in [-0.25, -0.2) is 0 Å². The van der Waals surface area contributed by atoms with Gasteiger partial charge in [0.15, 0.2) is 6.79 Å². The lowest BCUT2D eigenvalue weighted by Crippen LogP contribution is -2.08. The van der Waals surface area contributed by atoms with Crippen LogP contribution in [0.2, 0.25) is 0 Å². The molecule has 1 aromatic carbocycles. The van der Waals surface area contributed by atoms with Crippen LogP contribution in [0.25, 0.3) is 0 Å². The number of hydrogen-bond acceptors (Lipinski definition) is 5. The Hall–Kier alpha value is -1.72. The van der Waals surface area contributed by atoms with Crippen LogP contribution in [0, 0.1) is 0 Å². The molecule has 5 heteroatoms. The van der Waals surface area contributed by atoms with Crippen molar-refractivity contribution in [3.05, 3.63) is 35.4 Å². The van der Waals surface area contributed by atoms with E-state index in [-0.39, 0.29) is 5.90 Å². The van der Waals surface area contributed by atoms with E-state index in [4.69, 9.17) is 9.84 Å². The summed E-state index contributed by atoms with van der Waals surface area (Å²) >= 11 is 0. The second-order valence-electron chi connectivity index (χ2n) is 3.05. The Bertz CT molecular complexity index is 360. The van der Waals surface area contributed by atoms with Crippen molar-refractivity contribution in [2.45, 2.75) is 6.54 Å². The lowest BCUT2D eigenvalue weighted by molar-refractivity contribution is 0.0887. The molecule has 0 bridgehead atoms. The molecule has 0 atom stereocenters. The number of ether oxygens (including phenoxy) is 1. The number of nitrogens with zero attached hydrogens (tertiary/aromatic N) is 2.